The summed E-state index contributed by atoms with van der Waals surface area (Å²) >= 11 is 0. The topological polar surface area (TPSA) is 21.3 Å². The number of ether oxygens (including phenoxy) is 1. The molecule has 0 bridgehead atoms. The second kappa shape index (κ2) is 4.56. The number of hydrogen-bond donors (Lipinski definition) is 1. The van der Waals surface area contributed by atoms with Crippen LogP contribution in [0.4, 0.5) is 5.69 Å². The minimum absolute atomic E-state index is 0.651. The quantitative estimate of drug-likeness (QED) is 0.817. The van der Waals surface area contributed by atoms with Gasteiger partial charge >= 0.3 is 0 Å². The Bertz CT molecular complexity index is 307. The van der Waals surface area contributed by atoms with E-state index in [1.807, 2.05) is 12.1 Å². The molecule has 0 aliphatic heterocycles. The van der Waals surface area contributed by atoms with Crippen molar-refractivity contribution in [1.82, 2.24) is 0 Å². The fourth-order valence-corrected chi connectivity index (χ4v) is 2.26. The third kappa shape index (κ3) is 2.44. The molecule has 0 unspecified atom stereocenters. The van der Waals surface area contributed by atoms with Crippen LogP contribution in [0.15, 0.2) is 24.3 Å². The Kier molecular flexibility index (Phi) is 3.14. The highest BCUT2D eigenvalue weighted by Crippen LogP contribution is 2.28. The van der Waals surface area contributed by atoms with Crippen LogP contribution < -0.4 is 10.1 Å². The second-order valence-electron chi connectivity index (χ2n) is 4.39. The molecule has 1 fully saturated rings. The number of benzene rings is 1. The predicted octanol–water partition coefficient (Wildman–Crippen LogP) is 3.30. The number of anilines is 1. The lowest BCUT2D eigenvalue weighted by molar-refractivity contribution is 0.415. The van der Waals surface area contributed by atoms with Crippen LogP contribution in [0.2, 0.25) is 0 Å². The smallest absolute Gasteiger partial charge is 0.119 e. The van der Waals surface area contributed by atoms with Gasteiger partial charge in [0.15, 0.2) is 0 Å². The highest BCUT2D eigenvalue weighted by atomic mass is 16.5. The number of nitrogens with one attached hydrogen (secondary N) is 1. The normalized spacial score (nSPS) is 25.2. The number of hydrogen-bond acceptors (Lipinski definition) is 2. The zero-order chi connectivity index (χ0) is 10.7. The van der Waals surface area contributed by atoms with Crippen molar-refractivity contribution >= 4 is 5.69 Å². The van der Waals surface area contributed by atoms with Crippen molar-refractivity contribution in [3.63, 3.8) is 0 Å². The Balaban J connectivity index is 1.98. The summed E-state index contributed by atoms with van der Waals surface area (Å²) in [5.74, 6) is 1.71. The monoisotopic (exact) mass is 205 g/mol. The predicted molar refractivity (Wildman–Crippen MR) is 63.4 cm³/mol. The minimum atomic E-state index is 0.651. The van der Waals surface area contributed by atoms with Gasteiger partial charge in [0.1, 0.15) is 5.75 Å². The largest absolute Gasteiger partial charge is 0.497 e. The van der Waals surface area contributed by atoms with Crippen LogP contribution in [-0.2, 0) is 0 Å². The van der Waals surface area contributed by atoms with E-state index >= 15 is 0 Å². The molecule has 0 radical (unpaired) electrons. The van der Waals surface area contributed by atoms with Crippen LogP contribution in [0.25, 0.3) is 0 Å². The third-order valence-electron chi connectivity index (χ3n) is 3.30. The van der Waals surface area contributed by atoms with E-state index < -0.39 is 0 Å². The summed E-state index contributed by atoms with van der Waals surface area (Å²) in [5.41, 5.74) is 1.20. The molecule has 0 heterocycles. The summed E-state index contributed by atoms with van der Waals surface area (Å²) in [6.07, 6.45) is 4.01. The van der Waals surface area contributed by atoms with Crippen molar-refractivity contribution in [2.24, 2.45) is 5.92 Å². The van der Waals surface area contributed by atoms with E-state index in [4.69, 9.17) is 4.74 Å². The molecule has 0 aromatic heterocycles. The summed E-state index contributed by atoms with van der Waals surface area (Å²) in [4.78, 5) is 0. The Labute approximate surface area is 91.6 Å². The molecule has 1 aliphatic carbocycles. The van der Waals surface area contributed by atoms with E-state index in [0.29, 0.717) is 6.04 Å². The van der Waals surface area contributed by atoms with Crippen molar-refractivity contribution in [2.45, 2.75) is 32.2 Å². The molecule has 2 atom stereocenters. The molecular formula is C13H19NO. The van der Waals surface area contributed by atoms with E-state index in [1.54, 1.807) is 7.11 Å². The van der Waals surface area contributed by atoms with E-state index in [1.165, 1.54) is 24.9 Å². The molecule has 15 heavy (non-hydrogen) atoms. The average Bonchev–Trinajstić information content (AvgIpc) is 2.66. The van der Waals surface area contributed by atoms with Crippen LogP contribution in [-0.4, -0.2) is 13.2 Å². The molecular weight excluding hydrogens is 186 g/mol. The zero-order valence-electron chi connectivity index (χ0n) is 9.49. The SMILES string of the molecule is COc1ccc(N[C@H]2CCC[C@H]2C)cc1. The Morgan fingerprint density at radius 1 is 1.20 bits per heavy atom. The fraction of sp³-hybridized carbons (Fsp3) is 0.538. The molecule has 2 heteroatoms. The minimum Gasteiger partial charge on any atom is -0.497 e. The Morgan fingerprint density at radius 3 is 2.47 bits per heavy atom. The zero-order valence-corrected chi connectivity index (χ0v) is 9.49. The molecule has 82 valence electrons. The molecule has 2 nitrogen and oxygen atoms in total. The second-order valence-corrected chi connectivity index (χ2v) is 4.39. The molecule has 0 amide bonds. The van der Waals surface area contributed by atoms with E-state index in [9.17, 15) is 0 Å². The van der Waals surface area contributed by atoms with Crippen LogP contribution in [0.5, 0.6) is 5.75 Å². The standard InChI is InChI=1S/C13H19NO/c1-10-4-3-5-13(10)14-11-6-8-12(15-2)9-7-11/h6-10,13-14H,3-5H2,1-2H3/t10-,13+/m1/s1. The van der Waals surface area contributed by atoms with Gasteiger partial charge in [-0.25, -0.2) is 0 Å². The maximum atomic E-state index is 5.13. The first-order valence-corrected chi connectivity index (χ1v) is 5.70. The van der Waals surface area contributed by atoms with Gasteiger partial charge in [-0.1, -0.05) is 13.3 Å². The molecule has 1 aliphatic rings. The summed E-state index contributed by atoms with van der Waals surface area (Å²) in [6, 6.07) is 8.83. The Morgan fingerprint density at radius 2 is 1.93 bits per heavy atom. The molecule has 1 aromatic carbocycles. The molecule has 1 aromatic rings. The molecule has 1 N–H and O–H groups in total. The van der Waals surface area contributed by atoms with Gasteiger partial charge in [0.2, 0.25) is 0 Å². The summed E-state index contributed by atoms with van der Waals surface area (Å²) in [7, 11) is 1.70. The van der Waals surface area contributed by atoms with Gasteiger partial charge in [0, 0.05) is 11.7 Å². The maximum absolute atomic E-state index is 5.13. The van der Waals surface area contributed by atoms with Crippen LogP contribution in [0.1, 0.15) is 26.2 Å². The average molecular weight is 205 g/mol. The molecule has 0 spiro atoms. The van der Waals surface area contributed by atoms with E-state index in [2.05, 4.69) is 24.4 Å². The van der Waals surface area contributed by atoms with Crippen molar-refractivity contribution in [3.05, 3.63) is 24.3 Å². The maximum Gasteiger partial charge on any atom is 0.119 e. The van der Waals surface area contributed by atoms with Gasteiger partial charge in [-0.15, -0.1) is 0 Å². The number of rotatable bonds is 3. The molecule has 0 saturated heterocycles. The summed E-state index contributed by atoms with van der Waals surface area (Å²) in [6.45, 7) is 2.33. The third-order valence-corrected chi connectivity index (χ3v) is 3.30. The Hall–Kier alpha value is -1.18. The highest BCUT2D eigenvalue weighted by molar-refractivity contribution is 5.47. The lowest BCUT2D eigenvalue weighted by atomic mass is 10.1. The number of methoxy groups -OCH3 is 1. The lowest BCUT2D eigenvalue weighted by Crippen LogP contribution is -2.21. The van der Waals surface area contributed by atoms with E-state index in [-0.39, 0.29) is 0 Å². The van der Waals surface area contributed by atoms with E-state index in [0.717, 1.165) is 11.7 Å². The fourth-order valence-electron chi connectivity index (χ4n) is 2.26. The van der Waals surface area contributed by atoms with Crippen LogP contribution in [0, 0.1) is 5.92 Å². The summed E-state index contributed by atoms with van der Waals surface area (Å²) < 4.78 is 5.13. The molecule has 1 saturated carbocycles. The summed E-state index contributed by atoms with van der Waals surface area (Å²) in [5, 5.41) is 3.59. The van der Waals surface area contributed by atoms with Gasteiger partial charge in [0.25, 0.3) is 0 Å². The van der Waals surface area contributed by atoms with Gasteiger partial charge < -0.3 is 10.1 Å². The first-order chi connectivity index (χ1) is 7.29. The first kappa shape index (κ1) is 10.3. The van der Waals surface area contributed by atoms with Gasteiger partial charge in [0.05, 0.1) is 7.11 Å². The van der Waals surface area contributed by atoms with Gasteiger partial charge in [-0.2, -0.15) is 0 Å². The van der Waals surface area contributed by atoms with Crippen molar-refractivity contribution < 1.29 is 4.74 Å². The highest BCUT2D eigenvalue weighted by Gasteiger charge is 2.22. The first-order valence-electron chi connectivity index (χ1n) is 5.70. The molecule has 2 rings (SSSR count). The lowest BCUT2D eigenvalue weighted by Gasteiger charge is -2.18. The van der Waals surface area contributed by atoms with Crippen molar-refractivity contribution in [2.75, 3.05) is 12.4 Å². The van der Waals surface area contributed by atoms with Gasteiger partial charge in [-0.05, 0) is 43.0 Å². The van der Waals surface area contributed by atoms with Crippen LogP contribution >= 0.6 is 0 Å². The van der Waals surface area contributed by atoms with Crippen molar-refractivity contribution in [1.29, 1.82) is 0 Å². The van der Waals surface area contributed by atoms with Gasteiger partial charge in [-0.3, -0.25) is 0 Å². The van der Waals surface area contributed by atoms with Crippen LogP contribution in [0.3, 0.4) is 0 Å². The van der Waals surface area contributed by atoms with Crippen molar-refractivity contribution in [3.8, 4) is 5.75 Å².